The molecule has 0 amide bonds. The summed E-state index contributed by atoms with van der Waals surface area (Å²) in [6, 6.07) is 15.5. The number of nitrogens with one attached hydrogen (secondary N) is 1. The summed E-state index contributed by atoms with van der Waals surface area (Å²) >= 11 is 0. The number of aromatic nitrogens is 2. The van der Waals surface area contributed by atoms with Crippen LogP contribution in [0.4, 0.5) is 11.4 Å². The van der Waals surface area contributed by atoms with E-state index in [2.05, 4.69) is 46.1 Å². The number of H-pyrrole nitrogens is 1. The molecule has 0 atom stereocenters. The molecule has 0 unspecified atom stereocenters. The third-order valence-electron chi connectivity index (χ3n) is 3.35. The molecular formula is C17H17N3O. The van der Waals surface area contributed by atoms with Gasteiger partial charge in [0.25, 0.3) is 0 Å². The molecular weight excluding hydrogens is 262 g/mol. The van der Waals surface area contributed by atoms with Crippen LogP contribution in [0.1, 0.15) is 11.4 Å². The van der Waals surface area contributed by atoms with Crippen molar-refractivity contribution in [1.29, 1.82) is 0 Å². The zero-order valence-electron chi connectivity index (χ0n) is 11.8. The molecule has 3 aromatic rings. The number of anilines is 2. The first-order chi connectivity index (χ1) is 10.2. The van der Waals surface area contributed by atoms with E-state index in [0.717, 1.165) is 17.2 Å². The van der Waals surface area contributed by atoms with Crippen molar-refractivity contribution in [3.05, 3.63) is 72.3 Å². The van der Waals surface area contributed by atoms with Gasteiger partial charge in [0.05, 0.1) is 6.54 Å². The monoisotopic (exact) mass is 279 g/mol. The van der Waals surface area contributed by atoms with Gasteiger partial charge in [-0.05, 0) is 31.2 Å². The van der Waals surface area contributed by atoms with Crippen LogP contribution in [-0.2, 0) is 6.54 Å². The number of imidazole rings is 1. The van der Waals surface area contributed by atoms with Crippen molar-refractivity contribution < 1.29 is 5.11 Å². The first-order valence-corrected chi connectivity index (χ1v) is 6.84. The molecule has 3 rings (SSSR count). The van der Waals surface area contributed by atoms with E-state index >= 15 is 0 Å². The SMILES string of the molecule is Cc1ccc(N(Cc2ncc[nH]2)c2cccc(O)c2)cc1. The number of hydrogen-bond acceptors (Lipinski definition) is 3. The van der Waals surface area contributed by atoms with E-state index in [1.807, 2.05) is 18.3 Å². The Balaban J connectivity index is 1.99. The minimum Gasteiger partial charge on any atom is -0.508 e. The average Bonchev–Trinajstić information content (AvgIpc) is 2.99. The quantitative estimate of drug-likeness (QED) is 0.764. The van der Waals surface area contributed by atoms with Crippen LogP contribution in [0.3, 0.4) is 0 Å². The Morgan fingerprint density at radius 2 is 1.90 bits per heavy atom. The molecule has 0 radical (unpaired) electrons. The maximum Gasteiger partial charge on any atom is 0.126 e. The maximum atomic E-state index is 9.73. The predicted molar refractivity (Wildman–Crippen MR) is 83.7 cm³/mol. The molecule has 0 saturated heterocycles. The molecule has 2 N–H and O–H groups in total. The third kappa shape index (κ3) is 3.05. The van der Waals surface area contributed by atoms with Crippen LogP contribution < -0.4 is 4.90 Å². The summed E-state index contributed by atoms with van der Waals surface area (Å²) in [6.45, 7) is 2.68. The van der Waals surface area contributed by atoms with E-state index in [0.29, 0.717) is 6.54 Å². The Labute approximate surface area is 123 Å². The van der Waals surface area contributed by atoms with E-state index in [1.54, 1.807) is 18.3 Å². The lowest BCUT2D eigenvalue weighted by molar-refractivity contribution is 0.475. The fraction of sp³-hybridized carbons (Fsp3) is 0.118. The zero-order chi connectivity index (χ0) is 14.7. The number of aryl methyl sites for hydroxylation is 1. The van der Waals surface area contributed by atoms with Crippen LogP contribution in [0.5, 0.6) is 5.75 Å². The number of nitrogens with zero attached hydrogens (tertiary/aromatic N) is 2. The summed E-state index contributed by atoms with van der Waals surface area (Å²) < 4.78 is 0. The summed E-state index contributed by atoms with van der Waals surface area (Å²) in [5.41, 5.74) is 3.20. The summed E-state index contributed by atoms with van der Waals surface area (Å²) in [5.74, 6) is 1.13. The maximum absolute atomic E-state index is 9.73. The van der Waals surface area contributed by atoms with Gasteiger partial charge in [0.1, 0.15) is 11.6 Å². The third-order valence-corrected chi connectivity index (χ3v) is 3.35. The Bertz CT molecular complexity index is 705. The minimum absolute atomic E-state index is 0.254. The largest absolute Gasteiger partial charge is 0.508 e. The van der Waals surface area contributed by atoms with E-state index < -0.39 is 0 Å². The van der Waals surface area contributed by atoms with Gasteiger partial charge in [-0.25, -0.2) is 4.98 Å². The molecule has 4 nitrogen and oxygen atoms in total. The van der Waals surface area contributed by atoms with Crippen LogP contribution in [-0.4, -0.2) is 15.1 Å². The molecule has 2 aromatic carbocycles. The summed E-state index contributed by atoms with van der Waals surface area (Å²) in [7, 11) is 0. The van der Waals surface area contributed by atoms with E-state index in [1.165, 1.54) is 5.56 Å². The highest BCUT2D eigenvalue weighted by atomic mass is 16.3. The lowest BCUT2D eigenvalue weighted by Gasteiger charge is -2.24. The number of aromatic hydroxyl groups is 1. The molecule has 21 heavy (non-hydrogen) atoms. The standard InChI is InChI=1S/C17H17N3O/c1-13-5-7-14(8-6-13)20(12-17-18-9-10-19-17)15-3-2-4-16(21)11-15/h2-11,21H,12H2,1H3,(H,18,19). The van der Waals surface area contributed by atoms with Gasteiger partial charge in [0.2, 0.25) is 0 Å². The number of aromatic amines is 1. The molecule has 0 bridgehead atoms. The van der Waals surface area contributed by atoms with Gasteiger partial charge in [-0.15, -0.1) is 0 Å². The first kappa shape index (κ1) is 13.2. The first-order valence-electron chi connectivity index (χ1n) is 6.84. The van der Waals surface area contributed by atoms with Gasteiger partial charge in [-0.3, -0.25) is 0 Å². The van der Waals surface area contributed by atoms with Gasteiger partial charge < -0.3 is 15.0 Å². The topological polar surface area (TPSA) is 52.2 Å². The van der Waals surface area contributed by atoms with Crippen molar-refractivity contribution in [2.75, 3.05) is 4.90 Å². The Morgan fingerprint density at radius 3 is 2.57 bits per heavy atom. The van der Waals surface area contributed by atoms with Crippen LogP contribution in [0.25, 0.3) is 0 Å². The number of benzene rings is 2. The minimum atomic E-state index is 0.254. The van der Waals surface area contributed by atoms with Crippen molar-refractivity contribution in [3.63, 3.8) is 0 Å². The van der Waals surface area contributed by atoms with Crippen LogP contribution in [0, 0.1) is 6.92 Å². The van der Waals surface area contributed by atoms with E-state index in [4.69, 9.17) is 0 Å². The van der Waals surface area contributed by atoms with Crippen LogP contribution in [0.15, 0.2) is 60.9 Å². The smallest absolute Gasteiger partial charge is 0.126 e. The molecule has 0 aliphatic heterocycles. The molecule has 106 valence electrons. The molecule has 0 spiro atoms. The predicted octanol–water partition coefficient (Wildman–Crippen LogP) is 3.76. The Kier molecular flexibility index (Phi) is 3.60. The Hall–Kier alpha value is -2.75. The lowest BCUT2D eigenvalue weighted by atomic mass is 10.2. The van der Waals surface area contributed by atoms with Crippen LogP contribution in [0.2, 0.25) is 0 Å². The average molecular weight is 279 g/mol. The van der Waals surface area contributed by atoms with Gasteiger partial charge in [0.15, 0.2) is 0 Å². The molecule has 4 heteroatoms. The normalized spacial score (nSPS) is 10.5. The van der Waals surface area contributed by atoms with Crippen LogP contribution >= 0.6 is 0 Å². The highest BCUT2D eigenvalue weighted by Crippen LogP contribution is 2.29. The van der Waals surface area contributed by atoms with Crippen molar-refractivity contribution in [2.45, 2.75) is 13.5 Å². The fourth-order valence-corrected chi connectivity index (χ4v) is 2.25. The zero-order valence-corrected chi connectivity index (χ0v) is 11.8. The molecule has 0 saturated carbocycles. The number of hydrogen-bond donors (Lipinski definition) is 2. The summed E-state index contributed by atoms with van der Waals surface area (Å²) in [6.07, 6.45) is 3.55. The number of phenolic OH excluding ortho intramolecular Hbond substituents is 1. The van der Waals surface area contributed by atoms with Crippen molar-refractivity contribution >= 4 is 11.4 Å². The molecule has 0 fully saturated rings. The van der Waals surface area contributed by atoms with E-state index in [9.17, 15) is 5.11 Å². The fourth-order valence-electron chi connectivity index (χ4n) is 2.25. The molecule has 0 aliphatic carbocycles. The summed E-state index contributed by atoms with van der Waals surface area (Å²) in [4.78, 5) is 9.51. The van der Waals surface area contributed by atoms with Gasteiger partial charge in [-0.1, -0.05) is 23.8 Å². The summed E-state index contributed by atoms with van der Waals surface area (Å²) in [5, 5.41) is 9.73. The van der Waals surface area contributed by atoms with Crippen molar-refractivity contribution in [3.8, 4) is 5.75 Å². The Morgan fingerprint density at radius 1 is 1.10 bits per heavy atom. The molecule has 0 aliphatic rings. The van der Waals surface area contributed by atoms with E-state index in [-0.39, 0.29) is 5.75 Å². The molecule has 1 aromatic heterocycles. The second kappa shape index (κ2) is 5.71. The van der Waals surface area contributed by atoms with Crippen molar-refractivity contribution in [2.24, 2.45) is 0 Å². The van der Waals surface area contributed by atoms with Gasteiger partial charge in [-0.2, -0.15) is 0 Å². The van der Waals surface area contributed by atoms with Gasteiger partial charge in [0, 0.05) is 29.8 Å². The highest BCUT2D eigenvalue weighted by molar-refractivity contribution is 5.64. The van der Waals surface area contributed by atoms with Crippen molar-refractivity contribution in [1.82, 2.24) is 9.97 Å². The number of rotatable bonds is 4. The lowest BCUT2D eigenvalue weighted by Crippen LogP contribution is -2.17. The van der Waals surface area contributed by atoms with Gasteiger partial charge >= 0.3 is 0 Å². The number of phenols is 1. The second-order valence-electron chi connectivity index (χ2n) is 4.98. The second-order valence-corrected chi connectivity index (χ2v) is 4.98. The molecule has 1 heterocycles. The highest BCUT2D eigenvalue weighted by Gasteiger charge is 2.12.